The van der Waals surface area contributed by atoms with Crippen LogP contribution in [-0.2, 0) is 4.74 Å². The molecule has 20 heavy (non-hydrogen) atoms. The lowest BCUT2D eigenvalue weighted by Gasteiger charge is -2.10. The molecule has 0 aliphatic carbocycles. The summed E-state index contributed by atoms with van der Waals surface area (Å²) in [5.41, 5.74) is 0.0741. The first-order valence-electron chi connectivity index (χ1n) is 5.35. The number of carbonyl (C=O) groups excluding carboxylic acids is 1. The Kier molecular flexibility index (Phi) is 4.10. The van der Waals surface area contributed by atoms with Crippen molar-refractivity contribution in [1.82, 2.24) is 4.57 Å². The average molecular weight is 360 g/mol. The van der Waals surface area contributed by atoms with Crippen LogP contribution in [0, 0.1) is 10.1 Å². The normalized spacial score (nSPS) is 10.3. The van der Waals surface area contributed by atoms with Crippen LogP contribution in [0.1, 0.15) is 10.5 Å². The van der Waals surface area contributed by atoms with Gasteiger partial charge in [-0.2, -0.15) is 0 Å². The molecule has 6 nitrogen and oxygen atoms in total. The molecule has 0 aliphatic rings. The Bertz CT molecular complexity index is 699. The highest BCUT2D eigenvalue weighted by atomic mass is 79.9. The first-order valence-corrected chi connectivity index (χ1v) is 6.53. The van der Waals surface area contributed by atoms with Crippen LogP contribution in [0.3, 0.4) is 0 Å². The number of nitro benzene ring substituents is 1. The van der Waals surface area contributed by atoms with Gasteiger partial charge < -0.3 is 9.30 Å². The minimum atomic E-state index is -0.594. The van der Waals surface area contributed by atoms with E-state index in [0.717, 1.165) is 0 Å². The molecule has 0 unspecified atom stereocenters. The Hall–Kier alpha value is -1.86. The molecule has 0 N–H and O–H groups in total. The molecule has 0 fully saturated rings. The van der Waals surface area contributed by atoms with Crippen molar-refractivity contribution in [2.24, 2.45) is 0 Å². The zero-order valence-corrected chi connectivity index (χ0v) is 12.5. The summed E-state index contributed by atoms with van der Waals surface area (Å²) in [5.74, 6) is -0.594. The van der Waals surface area contributed by atoms with Crippen LogP contribution in [0.2, 0.25) is 5.02 Å². The minimum Gasteiger partial charge on any atom is -0.464 e. The lowest BCUT2D eigenvalue weighted by molar-refractivity contribution is -0.384. The van der Waals surface area contributed by atoms with E-state index in [9.17, 15) is 14.9 Å². The summed E-state index contributed by atoms with van der Waals surface area (Å²) in [5, 5.41) is 11.2. The minimum absolute atomic E-state index is 0.0305. The van der Waals surface area contributed by atoms with Crippen LogP contribution in [-0.4, -0.2) is 22.6 Å². The number of hydrogen-bond acceptors (Lipinski definition) is 4. The zero-order chi connectivity index (χ0) is 14.9. The molecular weight excluding hydrogens is 351 g/mol. The number of rotatable bonds is 3. The van der Waals surface area contributed by atoms with Crippen LogP contribution in [0.5, 0.6) is 0 Å². The van der Waals surface area contributed by atoms with Crippen molar-refractivity contribution in [3.05, 3.63) is 55.8 Å². The van der Waals surface area contributed by atoms with Crippen molar-refractivity contribution in [2.75, 3.05) is 7.11 Å². The van der Waals surface area contributed by atoms with Gasteiger partial charge in [0.1, 0.15) is 16.4 Å². The van der Waals surface area contributed by atoms with Crippen molar-refractivity contribution >= 4 is 39.2 Å². The van der Waals surface area contributed by atoms with Gasteiger partial charge in [-0.3, -0.25) is 10.1 Å². The highest BCUT2D eigenvalue weighted by Gasteiger charge is 2.24. The maximum absolute atomic E-state index is 11.6. The van der Waals surface area contributed by atoms with E-state index in [2.05, 4.69) is 20.7 Å². The monoisotopic (exact) mass is 358 g/mol. The highest BCUT2D eigenvalue weighted by Crippen LogP contribution is 2.37. The summed E-state index contributed by atoms with van der Waals surface area (Å²) >= 11 is 9.09. The van der Waals surface area contributed by atoms with E-state index in [-0.39, 0.29) is 22.1 Å². The van der Waals surface area contributed by atoms with Crippen molar-refractivity contribution in [1.29, 1.82) is 0 Å². The summed E-state index contributed by atoms with van der Waals surface area (Å²) in [4.78, 5) is 22.3. The van der Waals surface area contributed by atoms with Gasteiger partial charge in [0.05, 0.1) is 12.0 Å². The Morgan fingerprint density at radius 3 is 2.75 bits per heavy atom. The molecule has 104 valence electrons. The van der Waals surface area contributed by atoms with Gasteiger partial charge in [0.2, 0.25) is 0 Å². The van der Waals surface area contributed by atoms with E-state index >= 15 is 0 Å². The van der Waals surface area contributed by atoms with Gasteiger partial charge in [0, 0.05) is 10.7 Å². The van der Waals surface area contributed by atoms with Crippen molar-refractivity contribution in [2.45, 2.75) is 0 Å². The summed E-state index contributed by atoms with van der Waals surface area (Å²) in [6, 6.07) is 6.17. The van der Waals surface area contributed by atoms with Crippen LogP contribution in [0.4, 0.5) is 5.69 Å². The van der Waals surface area contributed by atoms with Crippen LogP contribution in [0.15, 0.2) is 34.9 Å². The SMILES string of the molecule is COC(=O)c1cccn1-c1ccc(Br)c(Cl)c1[N+](=O)[O-]. The molecule has 0 bridgehead atoms. The number of nitrogens with zero attached hydrogens (tertiary/aromatic N) is 2. The topological polar surface area (TPSA) is 74.4 Å². The molecule has 1 heterocycles. The second-order valence-electron chi connectivity index (χ2n) is 3.74. The zero-order valence-electron chi connectivity index (χ0n) is 10.2. The molecule has 0 spiro atoms. The van der Waals surface area contributed by atoms with Gasteiger partial charge in [-0.15, -0.1) is 0 Å². The third kappa shape index (κ3) is 2.41. The fourth-order valence-electron chi connectivity index (χ4n) is 1.76. The highest BCUT2D eigenvalue weighted by molar-refractivity contribution is 9.10. The molecule has 0 amide bonds. The van der Waals surface area contributed by atoms with Gasteiger partial charge >= 0.3 is 11.7 Å². The Morgan fingerprint density at radius 2 is 2.15 bits per heavy atom. The molecule has 0 aliphatic heterocycles. The number of nitro groups is 1. The van der Waals surface area contributed by atoms with Crippen molar-refractivity contribution in [3.63, 3.8) is 0 Å². The number of aromatic nitrogens is 1. The number of methoxy groups -OCH3 is 1. The second kappa shape index (κ2) is 5.64. The van der Waals surface area contributed by atoms with Gasteiger partial charge in [-0.05, 0) is 40.2 Å². The fraction of sp³-hybridized carbons (Fsp3) is 0.0833. The molecule has 2 rings (SSSR count). The van der Waals surface area contributed by atoms with E-state index in [0.29, 0.717) is 4.47 Å². The predicted molar refractivity (Wildman–Crippen MR) is 76.5 cm³/mol. The Labute approximate surface area is 127 Å². The maximum Gasteiger partial charge on any atom is 0.355 e. The fourth-order valence-corrected chi connectivity index (χ4v) is 2.31. The molecule has 8 heteroatoms. The maximum atomic E-state index is 11.6. The van der Waals surface area contributed by atoms with Crippen molar-refractivity contribution in [3.8, 4) is 5.69 Å². The largest absolute Gasteiger partial charge is 0.464 e. The smallest absolute Gasteiger partial charge is 0.355 e. The average Bonchev–Trinajstić information content (AvgIpc) is 2.89. The quantitative estimate of drug-likeness (QED) is 0.477. The van der Waals surface area contributed by atoms with E-state index in [4.69, 9.17) is 11.6 Å². The molecule has 0 radical (unpaired) electrons. The molecule has 2 aromatic rings. The van der Waals surface area contributed by atoms with E-state index in [1.165, 1.54) is 30.0 Å². The van der Waals surface area contributed by atoms with E-state index in [1.54, 1.807) is 12.1 Å². The van der Waals surface area contributed by atoms with Gasteiger partial charge in [0.25, 0.3) is 0 Å². The second-order valence-corrected chi connectivity index (χ2v) is 4.97. The number of halogens is 2. The summed E-state index contributed by atoms with van der Waals surface area (Å²) in [6.45, 7) is 0. The number of hydrogen-bond donors (Lipinski definition) is 0. The summed E-state index contributed by atoms with van der Waals surface area (Å²) < 4.78 is 6.41. The van der Waals surface area contributed by atoms with Gasteiger partial charge in [-0.1, -0.05) is 11.6 Å². The molecule has 0 saturated carbocycles. The predicted octanol–water partition coefficient (Wildman–Crippen LogP) is 3.59. The number of benzene rings is 1. The van der Waals surface area contributed by atoms with Gasteiger partial charge in [0.15, 0.2) is 0 Å². The summed E-state index contributed by atoms with van der Waals surface area (Å²) in [6.07, 6.45) is 1.53. The van der Waals surface area contributed by atoms with Crippen LogP contribution in [0.25, 0.3) is 5.69 Å². The molecule has 0 saturated heterocycles. The van der Waals surface area contributed by atoms with E-state index < -0.39 is 10.9 Å². The van der Waals surface area contributed by atoms with Crippen LogP contribution >= 0.6 is 27.5 Å². The number of esters is 1. The lowest BCUT2D eigenvalue weighted by atomic mass is 10.2. The van der Waals surface area contributed by atoms with Crippen molar-refractivity contribution < 1.29 is 14.5 Å². The molecular formula is C12H8BrClN2O4. The summed E-state index contributed by atoms with van der Waals surface area (Å²) in [7, 11) is 1.24. The van der Waals surface area contributed by atoms with Crippen LogP contribution < -0.4 is 0 Å². The molecule has 0 atom stereocenters. The molecule has 1 aromatic carbocycles. The van der Waals surface area contributed by atoms with E-state index in [1.807, 2.05) is 0 Å². The Morgan fingerprint density at radius 1 is 1.45 bits per heavy atom. The lowest BCUT2D eigenvalue weighted by Crippen LogP contribution is -2.10. The molecule has 1 aromatic heterocycles. The Balaban J connectivity index is 2.71. The standard InChI is InChI=1S/C12H8BrClN2O4/c1-20-12(17)9-3-2-6-15(9)8-5-4-7(13)10(14)11(8)16(18)19/h2-6H,1H3. The third-order valence-electron chi connectivity index (χ3n) is 2.63. The third-order valence-corrected chi connectivity index (χ3v) is 3.90. The first-order chi connectivity index (χ1) is 9.47. The van der Waals surface area contributed by atoms with Gasteiger partial charge in [-0.25, -0.2) is 4.79 Å². The number of carbonyl (C=O) groups is 1. The first kappa shape index (κ1) is 14.5. The number of ether oxygens (including phenoxy) is 1.